The van der Waals surface area contributed by atoms with Gasteiger partial charge in [0, 0.05) is 16.6 Å². The van der Waals surface area contributed by atoms with E-state index in [4.69, 9.17) is 5.73 Å². The van der Waals surface area contributed by atoms with Gasteiger partial charge in [0.1, 0.15) is 0 Å². The van der Waals surface area contributed by atoms with Gasteiger partial charge < -0.3 is 5.73 Å². The first-order valence-electron chi connectivity index (χ1n) is 5.45. The van der Waals surface area contributed by atoms with Crippen LogP contribution in [-0.2, 0) is 10.0 Å². The Hall–Kier alpha value is -0.430. The van der Waals surface area contributed by atoms with E-state index >= 15 is 0 Å². The summed E-state index contributed by atoms with van der Waals surface area (Å²) < 4.78 is 27.3. The van der Waals surface area contributed by atoms with Crippen LogP contribution in [0.5, 0.6) is 0 Å². The van der Waals surface area contributed by atoms with Crippen LogP contribution >= 0.6 is 15.9 Å². The topological polar surface area (TPSA) is 72.2 Å². The van der Waals surface area contributed by atoms with Crippen LogP contribution in [0.2, 0.25) is 0 Å². The molecule has 4 nitrogen and oxygen atoms in total. The van der Waals surface area contributed by atoms with Crippen LogP contribution in [-0.4, -0.2) is 20.5 Å². The third-order valence-corrected chi connectivity index (χ3v) is 5.03. The number of nitrogens with two attached hydrogens (primary N) is 1. The molecule has 1 aliphatic rings. The monoisotopic (exact) mass is 318 g/mol. The number of benzene rings is 1. The van der Waals surface area contributed by atoms with Crippen molar-refractivity contribution < 1.29 is 8.42 Å². The summed E-state index contributed by atoms with van der Waals surface area (Å²) >= 11 is 3.27. The third kappa shape index (κ3) is 3.07. The predicted octanol–water partition coefficient (Wildman–Crippen LogP) is 1.61. The predicted molar refractivity (Wildman–Crippen MR) is 70.1 cm³/mol. The molecule has 0 heterocycles. The molecule has 6 heteroatoms. The lowest BCUT2D eigenvalue weighted by Gasteiger charge is -2.37. The number of hydrogen-bond donors (Lipinski definition) is 2. The van der Waals surface area contributed by atoms with Crippen LogP contribution in [0, 0.1) is 0 Å². The lowest BCUT2D eigenvalue weighted by Crippen LogP contribution is -2.54. The van der Waals surface area contributed by atoms with Crippen molar-refractivity contribution >= 4 is 26.0 Å². The van der Waals surface area contributed by atoms with E-state index in [-0.39, 0.29) is 10.4 Å². The first-order chi connectivity index (χ1) is 7.91. The maximum Gasteiger partial charge on any atom is 0.240 e. The normalized spacial score (nSPS) is 18.7. The molecule has 0 aromatic heterocycles. The molecule has 1 aromatic rings. The van der Waals surface area contributed by atoms with Gasteiger partial charge >= 0.3 is 0 Å². The van der Waals surface area contributed by atoms with E-state index in [1.165, 1.54) is 0 Å². The Morgan fingerprint density at radius 2 is 1.88 bits per heavy atom. The quantitative estimate of drug-likeness (QED) is 0.885. The van der Waals surface area contributed by atoms with Gasteiger partial charge in [-0.25, -0.2) is 13.1 Å². The molecule has 1 fully saturated rings. The highest BCUT2D eigenvalue weighted by Gasteiger charge is 2.33. The van der Waals surface area contributed by atoms with Crippen molar-refractivity contribution in [3.63, 3.8) is 0 Å². The molecule has 0 unspecified atom stereocenters. The maximum atomic E-state index is 11.9. The highest BCUT2D eigenvalue weighted by Crippen LogP contribution is 2.28. The Balaban J connectivity index is 2.06. The smallest absolute Gasteiger partial charge is 0.240 e. The fourth-order valence-corrected chi connectivity index (χ4v) is 3.15. The molecular formula is C11H15BrN2O2S. The van der Waals surface area contributed by atoms with Gasteiger partial charge in [0.05, 0.1) is 4.90 Å². The average molecular weight is 319 g/mol. The minimum Gasteiger partial charge on any atom is -0.324 e. The van der Waals surface area contributed by atoms with Crippen molar-refractivity contribution in [2.45, 2.75) is 29.7 Å². The lowest BCUT2D eigenvalue weighted by molar-refractivity contribution is 0.251. The second-order valence-corrected chi connectivity index (χ2v) is 7.18. The second-order valence-electron chi connectivity index (χ2n) is 4.49. The van der Waals surface area contributed by atoms with E-state index in [1.54, 1.807) is 24.3 Å². The molecule has 1 saturated carbocycles. The van der Waals surface area contributed by atoms with Crippen LogP contribution in [0.15, 0.2) is 33.6 Å². The van der Waals surface area contributed by atoms with Gasteiger partial charge in [0.25, 0.3) is 0 Å². The molecule has 1 aliphatic carbocycles. The first-order valence-corrected chi connectivity index (χ1v) is 7.73. The molecule has 2 rings (SSSR count). The van der Waals surface area contributed by atoms with Crippen molar-refractivity contribution in [2.75, 3.05) is 6.54 Å². The Morgan fingerprint density at radius 3 is 2.35 bits per heavy atom. The molecule has 0 radical (unpaired) electrons. The van der Waals surface area contributed by atoms with Crippen LogP contribution in [0.1, 0.15) is 19.3 Å². The van der Waals surface area contributed by atoms with Crippen LogP contribution in [0.25, 0.3) is 0 Å². The second kappa shape index (κ2) is 4.68. The summed E-state index contributed by atoms with van der Waals surface area (Å²) in [5.41, 5.74) is 5.63. The molecule has 0 saturated heterocycles. The minimum absolute atomic E-state index is 0.267. The van der Waals surface area contributed by atoms with Crippen molar-refractivity contribution in [3.05, 3.63) is 28.7 Å². The zero-order chi connectivity index (χ0) is 12.5. The summed E-state index contributed by atoms with van der Waals surface area (Å²) in [6.45, 7) is 0.311. The minimum atomic E-state index is -3.44. The Bertz CT molecular complexity index is 495. The van der Waals surface area contributed by atoms with E-state index in [1.807, 2.05) is 0 Å². The van der Waals surface area contributed by atoms with Crippen LogP contribution < -0.4 is 10.5 Å². The van der Waals surface area contributed by atoms with Gasteiger partial charge in [-0.3, -0.25) is 0 Å². The molecular weight excluding hydrogens is 304 g/mol. The summed E-state index contributed by atoms with van der Waals surface area (Å²) in [6, 6.07) is 6.54. The summed E-state index contributed by atoms with van der Waals surface area (Å²) in [7, 11) is -3.44. The van der Waals surface area contributed by atoms with Gasteiger partial charge in [-0.15, -0.1) is 0 Å². The molecule has 0 bridgehead atoms. The lowest BCUT2D eigenvalue weighted by atomic mass is 9.78. The van der Waals surface area contributed by atoms with E-state index in [9.17, 15) is 8.42 Å². The van der Waals surface area contributed by atoms with Gasteiger partial charge in [-0.05, 0) is 43.5 Å². The molecule has 3 N–H and O–H groups in total. The molecule has 94 valence electrons. The van der Waals surface area contributed by atoms with Gasteiger partial charge in [-0.2, -0.15) is 0 Å². The number of hydrogen-bond acceptors (Lipinski definition) is 3. The summed E-state index contributed by atoms with van der Waals surface area (Å²) in [6.07, 6.45) is 2.85. The van der Waals surface area contributed by atoms with Crippen LogP contribution in [0.3, 0.4) is 0 Å². The summed E-state index contributed by atoms with van der Waals surface area (Å²) in [4.78, 5) is 0.267. The summed E-state index contributed by atoms with van der Waals surface area (Å²) in [5, 5.41) is 0. The van der Waals surface area contributed by atoms with E-state index in [0.29, 0.717) is 6.54 Å². The molecule has 0 amide bonds. The Kier molecular flexibility index (Phi) is 3.58. The molecule has 17 heavy (non-hydrogen) atoms. The van der Waals surface area contributed by atoms with Crippen molar-refractivity contribution in [2.24, 2.45) is 5.73 Å². The molecule has 0 spiro atoms. The standard InChI is InChI=1S/C11H15BrN2O2S/c12-9-2-4-10(5-3-9)17(15,16)14-8-11(13)6-1-7-11/h2-5,14H,1,6-8,13H2. The largest absolute Gasteiger partial charge is 0.324 e. The van der Waals surface area contributed by atoms with Crippen molar-refractivity contribution in [3.8, 4) is 0 Å². The van der Waals surface area contributed by atoms with Crippen molar-refractivity contribution in [1.29, 1.82) is 0 Å². The Morgan fingerprint density at radius 1 is 1.29 bits per heavy atom. The molecule has 1 aromatic carbocycles. The molecule has 0 aliphatic heterocycles. The highest BCUT2D eigenvalue weighted by molar-refractivity contribution is 9.10. The maximum absolute atomic E-state index is 11.9. The number of sulfonamides is 1. The fraction of sp³-hybridized carbons (Fsp3) is 0.455. The third-order valence-electron chi connectivity index (χ3n) is 3.09. The zero-order valence-corrected chi connectivity index (χ0v) is 11.7. The van der Waals surface area contributed by atoms with Gasteiger partial charge in [-0.1, -0.05) is 15.9 Å². The van der Waals surface area contributed by atoms with Crippen LogP contribution in [0.4, 0.5) is 0 Å². The van der Waals surface area contributed by atoms with E-state index in [0.717, 1.165) is 23.7 Å². The SMILES string of the molecule is NC1(CNS(=O)(=O)c2ccc(Br)cc2)CCC1. The zero-order valence-electron chi connectivity index (χ0n) is 9.32. The average Bonchev–Trinajstić information content (AvgIpc) is 2.24. The van der Waals surface area contributed by atoms with Gasteiger partial charge in [0.15, 0.2) is 0 Å². The number of nitrogens with one attached hydrogen (secondary N) is 1. The Labute approximate surface area is 110 Å². The fourth-order valence-electron chi connectivity index (χ4n) is 1.74. The first kappa shape index (κ1) is 13.0. The molecule has 0 atom stereocenters. The van der Waals surface area contributed by atoms with Crippen molar-refractivity contribution in [1.82, 2.24) is 4.72 Å². The van der Waals surface area contributed by atoms with E-state index in [2.05, 4.69) is 20.7 Å². The number of halogens is 1. The van der Waals surface area contributed by atoms with Gasteiger partial charge in [0.2, 0.25) is 10.0 Å². The number of rotatable bonds is 4. The highest BCUT2D eigenvalue weighted by atomic mass is 79.9. The van der Waals surface area contributed by atoms with E-state index < -0.39 is 10.0 Å². The summed E-state index contributed by atoms with van der Waals surface area (Å²) in [5.74, 6) is 0.